The van der Waals surface area contributed by atoms with Gasteiger partial charge in [-0.25, -0.2) is 0 Å². The molecule has 1 N–H and O–H groups in total. The average molecular weight is 321 g/mol. The fraction of sp³-hybridized carbons (Fsp3) is 0.381. The molecule has 0 fully saturated rings. The lowest BCUT2D eigenvalue weighted by Gasteiger charge is -2.26. The second-order valence-electron chi connectivity index (χ2n) is 6.78. The van der Waals surface area contributed by atoms with Crippen LogP contribution in [-0.2, 0) is 24.1 Å². The van der Waals surface area contributed by atoms with Crippen molar-refractivity contribution in [3.05, 3.63) is 64.7 Å². The van der Waals surface area contributed by atoms with E-state index in [4.69, 9.17) is 4.74 Å². The zero-order valence-electron chi connectivity index (χ0n) is 13.9. The summed E-state index contributed by atoms with van der Waals surface area (Å²) in [5.74, 6) is 0.982. The molecular formula is C21H23NO2. The SMILES string of the molecule is O=C(Cc1ccc2c(c1)CCCC2)N[C@@H]1CCOc2ccccc21. The normalized spacial score (nSPS) is 18.9. The highest BCUT2D eigenvalue weighted by atomic mass is 16.5. The summed E-state index contributed by atoms with van der Waals surface area (Å²) in [6, 6.07) is 14.6. The third-order valence-electron chi connectivity index (χ3n) is 5.07. The maximum Gasteiger partial charge on any atom is 0.224 e. The molecule has 2 aromatic rings. The highest BCUT2D eigenvalue weighted by Gasteiger charge is 2.22. The van der Waals surface area contributed by atoms with Crippen molar-refractivity contribution in [2.45, 2.75) is 44.6 Å². The summed E-state index contributed by atoms with van der Waals surface area (Å²) < 4.78 is 5.66. The van der Waals surface area contributed by atoms with Crippen LogP contribution in [0.25, 0.3) is 0 Å². The molecule has 3 nitrogen and oxygen atoms in total. The van der Waals surface area contributed by atoms with Gasteiger partial charge >= 0.3 is 0 Å². The molecule has 3 heteroatoms. The lowest BCUT2D eigenvalue weighted by atomic mass is 9.90. The first-order chi connectivity index (χ1) is 11.8. The minimum Gasteiger partial charge on any atom is -0.493 e. The van der Waals surface area contributed by atoms with Gasteiger partial charge in [0.05, 0.1) is 19.1 Å². The second kappa shape index (κ2) is 6.68. The maximum absolute atomic E-state index is 12.5. The summed E-state index contributed by atoms with van der Waals surface area (Å²) in [6.07, 6.45) is 6.16. The predicted molar refractivity (Wildman–Crippen MR) is 94.2 cm³/mol. The molecule has 0 aromatic heterocycles. The summed E-state index contributed by atoms with van der Waals surface area (Å²) in [6.45, 7) is 0.654. The van der Waals surface area contributed by atoms with Crippen LogP contribution < -0.4 is 10.1 Å². The number of rotatable bonds is 3. The van der Waals surface area contributed by atoms with Gasteiger partial charge in [0.15, 0.2) is 0 Å². The standard InChI is InChI=1S/C21H23NO2/c23-21(14-15-9-10-16-5-1-2-6-17(16)13-15)22-19-11-12-24-20-8-4-3-7-18(19)20/h3-4,7-10,13,19H,1-2,5-6,11-12,14H2,(H,22,23)/t19-/m1/s1. The number of aryl methyl sites for hydroxylation is 2. The van der Waals surface area contributed by atoms with Gasteiger partial charge in [-0.2, -0.15) is 0 Å². The fourth-order valence-electron chi connectivity index (χ4n) is 3.82. The molecule has 2 aromatic carbocycles. The van der Waals surface area contributed by atoms with Gasteiger partial charge in [-0.3, -0.25) is 4.79 Å². The van der Waals surface area contributed by atoms with Gasteiger partial charge in [0.2, 0.25) is 5.91 Å². The highest BCUT2D eigenvalue weighted by Crippen LogP contribution is 2.31. The molecule has 1 aliphatic carbocycles. The molecule has 0 unspecified atom stereocenters. The van der Waals surface area contributed by atoms with Crippen LogP contribution >= 0.6 is 0 Å². The minimum absolute atomic E-state index is 0.0556. The van der Waals surface area contributed by atoms with E-state index in [1.807, 2.05) is 24.3 Å². The number of benzene rings is 2. The Morgan fingerprint density at radius 1 is 1.08 bits per heavy atom. The van der Waals surface area contributed by atoms with E-state index < -0.39 is 0 Å². The molecule has 2 aliphatic rings. The Bertz CT molecular complexity index is 753. The van der Waals surface area contributed by atoms with E-state index in [0.717, 1.165) is 29.7 Å². The van der Waals surface area contributed by atoms with Gasteiger partial charge in [0, 0.05) is 12.0 Å². The summed E-state index contributed by atoms with van der Waals surface area (Å²) in [7, 11) is 0. The van der Waals surface area contributed by atoms with Crippen molar-refractivity contribution >= 4 is 5.91 Å². The number of carbonyl (C=O) groups excluding carboxylic acids is 1. The third kappa shape index (κ3) is 3.16. The van der Waals surface area contributed by atoms with Crippen molar-refractivity contribution < 1.29 is 9.53 Å². The number of para-hydroxylation sites is 1. The van der Waals surface area contributed by atoms with Crippen LogP contribution in [0.4, 0.5) is 0 Å². The molecule has 124 valence electrons. The molecule has 0 radical (unpaired) electrons. The quantitative estimate of drug-likeness (QED) is 0.935. The lowest BCUT2D eigenvalue weighted by Crippen LogP contribution is -2.33. The zero-order chi connectivity index (χ0) is 16.4. The Kier molecular flexibility index (Phi) is 4.24. The maximum atomic E-state index is 12.5. The average Bonchev–Trinajstić information content (AvgIpc) is 2.62. The van der Waals surface area contributed by atoms with Gasteiger partial charge < -0.3 is 10.1 Å². The van der Waals surface area contributed by atoms with Crippen molar-refractivity contribution in [2.75, 3.05) is 6.61 Å². The molecule has 0 saturated carbocycles. The molecule has 0 saturated heterocycles. The number of hydrogen-bond donors (Lipinski definition) is 1. The Hall–Kier alpha value is -2.29. The van der Waals surface area contributed by atoms with Crippen LogP contribution in [0.15, 0.2) is 42.5 Å². The molecule has 1 heterocycles. The summed E-state index contributed by atoms with van der Waals surface area (Å²) >= 11 is 0. The molecule has 0 bridgehead atoms. The smallest absolute Gasteiger partial charge is 0.224 e. The molecule has 1 aliphatic heterocycles. The van der Waals surface area contributed by atoms with E-state index in [1.54, 1.807) is 0 Å². The van der Waals surface area contributed by atoms with Gasteiger partial charge in [0.1, 0.15) is 5.75 Å². The van der Waals surface area contributed by atoms with Crippen LogP contribution in [0.2, 0.25) is 0 Å². The first-order valence-electron chi connectivity index (χ1n) is 8.91. The van der Waals surface area contributed by atoms with E-state index in [9.17, 15) is 4.79 Å². The van der Waals surface area contributed by atoms with Crippen molar-refractivity contribution in [1.29, 1.82) is 0 Å². The highest BCUT2D eigenvalue weighted by molar-refractivity contribution is 5.79. The van der Waals surface area contributed by atoms with Gasteiger partial charge in [-0.05, 0) is 48.4 Å². The van der Waals surface area contributed by atoms with Crippen LogP contribution in [-0.4, -0.2) is 12.5 Å². The summed E-state index contributed by atoms with van der Waals surface area (Å²) in [4.78, 5) is 12.5. The third-order valence-corrected chi connectivity index (χ3v) is 5.07. The molecule has 24 heavy (non-hydrogen) atoms. The van der Waals surface area contributed by atoms with Gasteiger partial charge in [-0.15, -0.1) is 0 Å². The number of amides is 1. The Labute approximate surface area is 143 Å². The van der Waals surface area contributed by atoms with E-state index >= 15 is 0 Å². The Morgan fingerprint density at radius 2 is 1.92 bits per heavy atom. The molecular weight excluding hydrogens is 298 g/mol. The zero-order valence-corrected chi connectivity index (χ0v) is 13.9. The molecule has 0 spiro atoms. The second-order valence-corrected chi connectivity index (χ2v) is 6.78. The van der Waals surface area contributed by atoms with Crippen LogP contribution in [0.1, 0.15) is 47.6 Å². The number of nitrogens with one attached hydrogen (secondary N) is 1. The number of carbonyl (C=O) groups is 1. The Morgan fingerprint density at radius 3 is 2.83 bits per heavy atom. The lowest BCUT2D eigenvalue weighted by molar-refractivity contribution is -0.121. The number of fused-ring (bicyclic) bond motifs is 2. The van der Waals surface area contributed by atoms with Crippen LogP contribution in [0, 0.1) is 0 Å². The summed E-state index contributed by atoms with van der Waals surface area (Å²) in [5.41, 5.74) is 5.10. The van der Waals surface area contributed by atoms with E-state index in [1.165, 1.54) is 30.4 Å². The monoisotopic (exact) mass is 321 g/mol. The topological polar surface area (TPSA) is 38.3 Å². The fourth-order valence-corrected chi connectivity index (χ4v) is 3.82. The number of hydrogen-bond acceptors (Lipinski definition) is 2. The molecule has 1 amide bonds. The van der Waals surface area contributed by atoms with Crippen molar-refractivity contribution in [3.8, 4) is 5.75 Å². The molecule has 1 atom stereocenters. The van der Waals surface area contributed by atoms with Crippen LogP contribution in [0.3, 0.4) is 0 Å². The Balaban J connectivity index is 1.44. The van der Waals surface area contributed by atoms with E-state index in [-0.39, 0.29) is 11.9 Å². The van der Waals surface area contributed by atoms with Crippen molar-refractivity contribution in [1.82, 2.24) is 5.32 Å². The predicted octanol–water partition coefficient (Wildman–Crippen LogP) is 3.75. The first-order valence-corrected chi connectivity index (χ1v) is 8.91. The number of ether oxygens (including phenoxy) is 1. The molecule has 4 rings (SSSR count). The van der Waals surface area contributed by atoms with Crippen LogP contribution in [0.5, 0.6) is 5.75 Å². The van der Waals surface area contributed by atoms with Gasteiger partial charge in [-0.1, -0.05) is 36.4 Å². The summed E-state index contributed by atoms with van der Waals surface area (Å²) in [5, 5.41) is 3.18. The first kappa shape index (κ1) is 15.3. The van der Waals surface area contributed by atoms with E-state index in [0.29, 0.717) is 13.0 Å². The van der Waals surface area contributed by atoms with Crippen molar-refractivity contribution in [3.63, 3.8) is 0 Å². The van der Waals surface area contributed by atoms with Gasteiger partial charge in [0.25, 0.3) is 0 Å². The van der Waals surface area contributed by atoms with E-state index in [2.05, 4.69) is 23.5 Å². The largest absolute Gasteiger partial charge is 0.493 e. The van der Waals surface area contributed by atoms with Crippen molar-refractivity contribution in [2.24, 2.45) is 0 Å². The minimum atomic E-state index is 0.0556.